The second-order valence-corrected chi connectivity index (χ2v) is 17.5. The van der Waals surface area contributed by atoms with Gasteiger partial charge in [-0.15, -0.1) is 0 Å². The lowest BCUT2D eigenvalue weighted by Crippen LogP contribution is -2.78. The van der Waals surface area contributed by atoms with Gasteiger partial charge < -0.3 is 33.9 Å². The molecule has 14 nitrogen and oxygen atoms in total. The van der Waals surface area contributed by atoms with Crippen LogP contribution in [0.3, 0.4) is 0 Å². The van der Waals surface area contributed by atoms with E-state index in [9.17, 15) is 39.0 Å². The highest BCUT2D eigenvalue weighted by molar-refractivity contribution is 6.09. The quantitative estimate of drug-likeness (QED) is 0.0736. The highest BCUT2D eigenvalue weighted by Gasteiger charge is 2.76. The van der Waals surface area contributed by atoms with Crippen LogP contribution in [0.25, 0.3) is 6.08 Å². The largest absolute Gasteiger partial charge is 0.458 e. The molecule has 2 N–H and O–H groups in total. The molecule has 2 fully saturated rings. The van der Waals surface area contributed by atoms with Crippen LogP contribution in [0.5, 0.6) is 0 Å². The summed E-state index contributed by atoms with van der Waals surface area (Å²) in [5.74, 6) is -7.28. The topological polar surface area (TPSA) is 206 Å². The van der Waals surface area contributed by atoms with Crippen molar-refractivity contribution in [3.05, 3.63) is 124 Å². The van der Waals surface area contributed by atoms with E-state index in [0.29, 0.717) is 16.7 Å². The first-order valence-corrected chi connectivity index (χ1v) is 21.2. The van der Waals surface area contributed by atoms with Crippen molar-refractivity contribution in [2.75, 3.05) is 0 Å². The van der Waals surface area contributed by atoms with Crippen molar-refractivity contribution in [2.24, 2.45) is 16.7 Å². The Morgan fingerprint density at radius 1 is 0.750 bits per heavy atom. The molecule has 3 aromatic rings. The summed E-state index contributed by atoms with van der Waals surface area (Å²) < 4.78 is 30.3. The van der Waals surface area contributed by atoms with Crippen LogP contribution in [-0.4, -0.2) is 93.3 Å². The molecular weight excluding hydrogens is 825 g/mol. The monoisotopic (exact) mass is 878 g/mol. The van der Waals surface area contributed by atoms with E-state index in [0.717, 1.165) is 26.8 Å². The summed E-state index contributed by atoms with van der Waals surface area (Å²) in [7, 11) is 0. The highest BCUT2D eigenvalue weighted by atomic mass is 16.6. The minimum absolute atomic E-state index is 0.0487. The van der Waals surface area contributed by atoms with Gasteiger partial charge in [-0.1, -0.05) is 93.6 Å². The first kappa shape index (κ1) is 47.2. The first-order valence-electron chi connectivity index (χ1n) is 21.2. The zero-order valence-electron chi connectivity index (χ0n) is 37.1. The Morgan fingerprint density at radius 3 is 1.86 bits per heavy atom. The van der Waals surface area contributed by atoms with Gasteiger partial charge in [0.2, 0.25) is 0 Å². The molecule has 0 spiro atoms. The summed E-state index contributed by atoms with van der Waals surface area (Å²) >= 11 is 0. The molecule has 3 aliphatic rings. The molecular formula is C50H54O14. The lowest BCUT2D eigenvalue weighted by atomic mass is 9.45. The predicted molar refractivity (Wildman–Crippen MR) is 230 cm³/mol. The Morgan fingerprint density at radius 2 is 1.31 bits per heavy atom. The minimum Gasteiger partial charge on any atom is -0.458 e. The van der Waals surface area contributed by atoms with Crippen molar-refractivity contribution in [3.63, 3.8) is 0 Å². The lowest BCUT2D eigenvalue weighted by Gasteiger charge is -2.64. The van der Waals surface area contributed by atoms with Gasteiger partial charge in [0.05, 0.1) is 23.0 Å². The first-order chi connectivity index (χ1) is 30.1. The zero-order chi connectivity index (χ0) is 46.9. The van der Waals surface area contributed by atoms with E-state index in [-0.39, 0.29) is 28.9 Å². The molecule has 0 aromatic heterocycles. The van der Waals surface area contributed by atoms with Gasteiger partial charge in [-0.25, -0.2) is 9.59 Å². The predicted octanol–water partition coefficient (Wildman–Crippen LogP) is 6.09. The number of carbonyl (C=O) groups is 7. The van der Waals surface area contributed by atoms with Crippen LogP contribution in [0.2, 0.25) is 0 Å². The Hall–Kier alpha value is -6.25. The summed E-state index contributed by atoms with van der Waals surface area (Å²) in [6.45, 7) is 11.0. The van der Waals surface area contributed by atoms with E-state index in [1.54, 1.807) is 100 Å². The lowest BCUT2D eigenvalue weighted by molar-refractivity contribution is -0.285. The van der Waals surface area contributed by atoms with Gasteiger partial charge >= 0.3 is 29.8 Å². The van der Waals surface area contributed by atoms with Crippen LogP contribution in [-0.2, 0) is 47.7 Å². The van der Waals surface area contributed by atoms with Crippen molar-refractivity contribution in [3.8, 4) is 0 Å². The molecule has 0 aliphatic heterocycles. The molecule has 64 heavy (non-hydrogen) atoms. The standard InChI is InChI=1S/C50H54O14/c1-9-49(64-31(5)53)37(54)26-38(62-39(55)25-22-32-20-23-34(24-21-32)41(56)33-16-12-10-13-17-33)48(8)43(49)45(63-46(58)35-18-14-11-15-19-35)50(59)27-36(60-29(3)51)28(2)40(47(50,6)7)42(44(48)57)61-30(4)52/h10-25,36-38,42-43,45,54,59H,9,26-27H2,1-8H3/b25-22+/t36-,37+,38-,42+,43-,45-,48+,49-,50+/m0/s1. The number of rotatable bonds is 11. The van der Waals surface area contributed by atoms with E-state index >= 15 is 4.79 Å². The SMILES string of the molecule is CC[C@]1(OC(C)=O)[C@H](O)C[C@H](OC(=O)/C=C/c2ccc(C(=O)c3ccccc3)cc2)[C@@]2(C)C(=O)[C@H](OC(C)=O)C3=C(C)[C@@H](OC(C)=O)C[C@@](O)([C@@H](OC(=O)c4ccccc4)[C@H]12)C3(C)C. The third-order valence-corrected chi connectivity index (χ3v) is 13.4. The van der Waals surface area contributed by atoms with Crippen LogP contribution in [0, 0.1) is 16.7 Å². The number of Topliss-reactive ketones (excluding diaryl/α,β-unsaturated/α-hetero) is 1. The molecule has 3 aliphatic carbocycles. The number of aliphatic hydroxyl groups excluding tert-OH is 1. The van der Waals surface area contributed by atoms with Crippen molar-refractivity contribution in [1.82, 2.24) is 0 Å². The molecule has 3 aromatic carbocycles. The number of ether oxygens (including phenoxy) is 5. The smallest absolute Gasteiger partial charge is 0.338 e. The van der Waals surface area contributed by atoms with Crippen molar-refractivity contribution >= 4 is 47.5 Å². The molecule has 2 bridgehead atoms. The minimum atomic E-state index is -2.36. The number of hydrogen-bond acceptors (Lipinski definition) is 14. The Labute approximate surface area is 371 Å². The van der Waals surface area contributed by atoms with Gasteiger partial charge in [0.15, 0.2) is 17.7 Å². The molecule has 6 rings (SSSR count). The van der Waals surface area contributed by atoms with Gasteiger partial charge in [-0.3, -0.25) is 24.0 Å². The average molecular weight is 879 g/mol. The molecule has 338 valence electrons. The maximum absolute atomic E-state index is 15.9. The zero-order valence-corrected chi connectivity index (χ0v) is 37.1. The Balaban J connectivity index is 1.55. The van der Waals surface area contributed by atoms with Gasteiger partial charge in [-0.2, -0.15) is 0 Å². The van der Waals surface area contributed by atoms with Crippen LogP contribution >= 0.6 is 0 Å². The number of fused-ring (bicyclic) bond motifs is 3. The molecule has 0 saturated heterocycles. The summed E-state index contributed by atoms with van der Waals surface area (Å²) in [6, 6.07) is 23.0. The van der Waals surface area contributed by atoms with E-state index in [2.05, 4.69) is 0 Å². The van der Waals surface area contributed by atoms with Gasteiger partial charge in [-0.05, 0) is 55.2 Å². The number of benzene rings is 3. The Bertz CT molecular complexity index is 2380. The summed E-state index contributed by atoms with van der Waals surface area (Å²) in [5, 5.41) is 25.9. The number of ketones is 2. The van der Waals surface area contributed by atoms with E-state index in [1.165, 1.54) is 25.1 Å². The highest BCUT2D eigenvalue weighted by Crippen LogP contribution is 2.63. The maximum atomic E-state index is 15.9. The van der Waals surface area contributed by atoms with Gasteiger partial charge in [0.25, 0.3) is 0 Å². The van der Waals surface area contributed by atoms with Crippen LogP contribution in [0.4, 0.5) is 0 Å². The summed E-state index contributed by atoms with van der Waals surface area (Å²) in [5.41, 5.74) is -6.53. The van der Waals surface area contributed by atoms with Crippen molar-refractivity contribution in [1.29, 1.82) is 0 Å². The molecule has 9 atom stereocenters. The molecule has 14 heteroatoms. The fourth-order valence-electron chi connectivity index (χ4n) is 10.2. The number of hydrogen-bond donors (Lipinski definition) is 2. The summed E-state index contributed by atoms with van der Waals surface area (Å²) in [6.07, 6.45) is -6.93. The molecule has 0 heterocycles. The number of aliphatic hydroxyl groups is 2. The van der Waals surface area contributed by atoms with Gasteiger partial charge in [0.1, 0.15) is 29.5 Å². The molecule has 0 radical (unpaired) electrons. The maximum Gasteiger partial charge on any atom is 0.338 e. The van der Waals surface area contributed by atoms with Crippen LogP contribution in [0.1, 0.15) is 106 Å². The second kappa shape index (κ2) is 18.1. The van der Waals surface area contributed by atoms with Crippen LogP contribution < -0.4 is 0 Å². The molecule has 0 unspecified atom stereocenters. The fourth-order valence-corrected chi connectivity index (χ4v) is 10.2. The van der Waals surface area contributed by atoms with Crippen molar-refractivity contribution < 1.29 is 67.5 Å². The normalized spacial score (nSPS) is 29.6. The molecule has 0 amide bonds. The summed E-state index contributed by atoms with van der Waals surface area (Å²) in [4.78, 5) is 96.1. The van der Waals surface area contributed by atoms with E-state index in [1.807, 2.05) is 0 Å². The number of carbonyl (C=O) groups excluding carboxylic acids is 7. The van der Waals surface area contributed by atoms with Crippen molar-refractivity contribution in [2.45, 2.75) is 116 Å². The third-order valence-electron chi connectivity index (χ3n) is 13.4. The Kier molecular flexibility index (Phi) is 13.3. The van der Waals surface area contributed by atoms with E-state index in [4.69, 9.17) is 23.7 Å². The fraction of sp³-hybridized carbons (Fsp3) is 0.420. The second-order valence-electron chi connectivity index (χ2n) is 17.5. The molecule has 2 saturated carbocycles. The van der Waals surface area contributed by atoms with Gasteiger partial charge in [0, 0.05) is 56.2 Å². The number of esters is 5. The van der Waals surface area contributed by atoms with E-state index < -0.39 is 107 Å². The average Bonchev–Trinajstić information content (AvgIpc) is 3.25. The van der Waals surface area contributed by atoms with Crippen LogP contribution in [0.15, 0.2) is 102 Å². The third kappa shape index (κ3) is 8.44.